The first-order valence-electron chi connectivity index (χ1n) is 7.91. The van der Waals surface area contributed by atoms with E-state index in [1.54, 1.807) is 0 Å². The third-order valence-electron chi connectivity index (χ3n) is 3.25. The Kier molecular flexibility index (Phi) is 10.3. The minimum absolute atomic E-state index is 0.120. The van der Waals surface area contributed by atoms with Crippen molar-refractivity contribution in [3.05, 3.63) is 0 Å². The van der Waals surface area contributed by atoms with Crippen LogP contribution in [0.3, 0.4) is 0 Å². The van der Waals surface area contributed by atoms with E-state index in [4.69, 9.17) is 27.4 Å². The zero-order chi connectivity index (χ0) is 20.3. The van der Waals surface area contributed by atoms with Crippen molar-refractivity contribution in [3.63, 3.8) is 0 Å². The first kappa shape index (κ1) is 23.1. The van der Waals surface area contributed by atoms with Crippen molar-refractivity contribution in [1.82, 2.24) is 10.6 Å². The third kappa shape index (κ3) is 10.1. The Morgan fingerprint density at radius 1 is 1.00 bits per heavy atom. The second-order valence-corrected chi connectivity index (χ2v) is 5.63. The smallest absolute Gasteiger partial charge is 0.326 e. The highest BCUT2D eigenvalue weighted by Crippen LogP contribution is 2.03. The molecule has 0 bridgehead atoms. The highest BCUT2D eigenvalue weighted by Gasteiger charge is 2.27. The number of carbonyl (C=O) groups excluding carboxylic acids is 2. The molecule has 0 aliphatic heterocycles. The lowest BCUT2D eigenvalue weighted by Gasteiger charge is -2.22. The molecule has 0 aromatic rings. The van der Waals surface area contributed by atoms with Gasteiger partial charge in [-0.3, -0.25) is 19.4 Å². The van der Waals surface area contributed by atoms with Crippen LogP contribution in [-0.2, 0) is 19.2 Å². The molecule has 0 heterocycles. The topological polar surface area (TPSA) is 223 Å². The fraction of sp³-hybridized carbons (Fsp3) is 0.643. The van der Waals surface area contributed by atoms with Gasteiger partial charge in [0.15, 0.2) is 5.96 Å². The number of hydrogen-bond donors (Lipinski definition) is 7. The first-order valence-corrected chi connectivity index (χ1v) is 7.91. The van der Waals surface area contributed by atoms with E-state index >= 15 is 0 Å². The third-order valence-corrected chi connectivity index (χ3v) is 3.25. The van der Waals surface area contributed by atoms with Crippen LogP contribution >= 0.6 is 0 Å². The molecule has 0 radical (unpaired) electrons. The summed E-state index contributed by atoms with van der Waals surface area (Å²) in [5.74, 6) is -4.04. The minimum Gasteiger partial charge on any atom is -0.481 e. The number of carboxylic acid groups (broad SMARTS) is 2. The quantitative estimate of drug-likeness (QED) is 0.107. The molecule has 148 valence electrons. The van der Waals surface area contributed by atoms with Crippen LogP contribution in [0.5, 0.6) is 0 Å². The lowest BCUT2D eigenvalue weighted by Crippen LogP contribution is -2.54. The Morgan fingerprint density at radius 2 is 1.58 bits per heavy atom. The maximum atomic E-state index is 12.3. The molecule has 0 spiro atoms. The summed E-state index contributed by atoms with van der Waals surface area (Å²) in [6.07, 6.45) is -0.259. The molecule has 0 unspecified atom stereocenters. The van der Waals surface area contributed by atoms with Gasteiger partial charge in [0.25, 0.3) is 0 Å². The average Bonchev–Trinajstić information content (AvgIpc) is 2.52. The Morgan fingerprint density at radius 3 is 2.04 bits per heavy atom. The van der Waals surface area contributed by atoms with Crippen molar-refractivity contribution in [2.45, 2.75) is 50.7 Å². The van der Waals surface area contributed by atoms with E-state index in [2.05, 4.69) is 15.6 Å². The zero-order valence-electron chi connectivity index (χ0n) is 14.5. The minimum atomic E-state index is -1.40. The van der Waals surface area contributed by atoms with Crippen LogP contribution in [0.25, 0.3) is 0 Å². The average molecular weight is 374 g/mol. The van der Waals surface area contributed by atoms with Crippen LogP contribution in [-0.4, -0.2) is 64.6 Å². The lowest BCUT2D eigenvalue weighted by molar-refractivity contribution is -0.143. The normalized spacial score (nSPS) is 13.8. The van der Waals surface area contributed by atoms with Crippen LogP contribution in [0, 0.1) is 0 Å². The fourth-order valence-corrected chi connectivity index (χ4v) is 1.87. The summed E-state index contributed by atoms with van der Waals surface area (Å²) in [4.78, 5) is 49.6. The molecule has 0 fully saturated rings. The summed E-state index contributed by atoms with van der Waals surface area (Å²) < 4.78 is 0. The largest absolute Gasteiger partial charge is 0.481 e. The number of carboxylic acids is 2. The molecule has 12 heteroatoms. The van der Waals surface area contributed by atoms with Gasteiger partial charge in [0.2, 0.25) is 11.8 Å². The summed E-state index contributed by atoms with van der Waals surface area (Å²) in [5.41, 5.74) is 15.8. The molecule has 26 heavy (non-hydrogen) atoms. The number of nitrogens with one attached hydrogen (secondary N) is 2. The predicted molar refractivity (Wildman–Crippen MR) is 91.9 cm³/mol. The summed E-state index contributed by atoms with van der Waals surface area (Å²) in [6, 6.07) is -3.33. The van der Waals surface area contributed by atoms with Gasteiger partial charge in [0, 0.05) is 13.0 Å². The SMILES string of the molecule is C[C@H](N)C(=O)N[C@@H](CCCN=C(N)N)C(=O)N[C@@H](CCC(=O)O)C(=O)O. The fourth-order valence-electron chi connectivity index (χ4n) is 1.87. The molecule has 0 saturated heterocycles. The molecule has 12 nitrogen and oxygen atoms in total. The van der Waals surface area contributed by atoms with Gasteiger partial charge >= 0.3 is 11.9 Å². The zero-order valence-corrected chi connectivity index (χ0v) is 14.5. The van der Waals surface area contributed by atoms with Gasteiger partial charge in [0.05, 0.1) is 6.04 Å². The number of guanidine groups is 1. The first-order chi connectivity index (χ1) is 12.0. The molecule has 0 aromatic carbocycles. The number of aliphatic carboxylic acids is 2. The van der Waals surface area contributed by atoms with E-state index in [0.29, 0.717) is 6.42 Å². The van der Waals surface area contributed by atoms with Crippen molar-refractivity contribution < 1.29 is 29.4 Å². The molecular weight excluding hydrogens is 348 g/mol. The van der Waals surface area contributed by atoms with Gasteiger partial charge in [-0.15, -0.1) is 0 Å². The molecule has 0 aliphatic carbocycles. The number of nitrogens with two attached hydrogens (primary N) is 3. The van der Waals surface area contributed by atoms with Crippen molar-refractivity contribution in [3.8, 4) is 0 Å². The standard InChI is InChI=1S/C14H26N6O6/c1-7(15)11(23)19-8(3-2-6-18-14(16)17)12(24)20-9(13(25)26)4-5-10(21)22/h7-9H,2-6,15H2,1H3,(H,19,23)(H,20,24)(H,21,22)(H,25,26)(H4,16,17,18)/t7-,8-,9-/m0/s1. The number of hydrogen-bond acceptors (Lipinski definition) is 6. The molecule has 10 N–H and O–H groups in total. The Balaban J connectivity index is 4.97. The lowest BCUT2D eigenvalue weighted by atomic mass is 10.1. The number of aliphatic imine (C=N–C) groups is 1. The van der Waals surface area contributed by atoms with Crippen LogP contribution in [0.2, 0.25) is 0 Å². The van der Waals surface area contributed by atoms with E-state index in [1.165, 1.54) is 6.92 Å². The van der Waals surface area contributed by atoms with E-state index in [-0.39, 0.29) is 25.3 Å². The second kappa shape index (κ2) is 11.6. The Bertz CT molecular complexity index is 546. The van der Waals surface area contributed by atoms with E-state index in [0.717, 1.165) is 0 Å². The van der Waals surface area contributed by atoms with E-state index < -0.39 is 48.3 Å². The second-order valence-electron chi connectivity index (χ2n) is 5.63. The number of amides is 2. The highest BCUT2D eigenvalue weighted by atomic mass is 16.4. The Labute approximate surface area is 150 Å². The van der Waals surface area contributed by atoms with Gasteiger partial charge < -0.3 is 38.0 Å². The van der Waals surface area contributed by atoms with E-state index in [9.17, 15) is 19.2 Å². The molecule has 0 aromatic heterocycles. The number of carbonyl (C=O) groups is 4. The van der Waals surface area contributed by atoms with Crippen molar-refractivity contribution in [1.29, 1.82) is 0 Å². The monoisotopic (exact) mass is 374 g/mol. The molecule has 2 amide bonds. The summed E-state index contributed by atoms with van der Waals surface area (Å²) in [5, 5.41) is 22.4. The molecule has 0 rings (SSSR count). The van der Waals surface area contributed by atoms with E-state index in [1.807, 2.05) is 0 Å². The predicted octanol–water partition coefficient (Wildman–Crippen LogP) is -2.69. The Hall–Kier alpha value is -2.89. The van der Waals surface area contributed by atoms with Crippen LogP contribution in [0.15, 0.2) is 4.99 Å². The maximum absolute atomic E-state index is 12.3. The summed E-state index contributed by atoms with van der Waals surface area (Å²) in [7, 11) is 0. The number of rotatable bonds is 12. The molecule has 0 aliphatic rings. The van der Waals surface area contributed by atoms with Crippen LogP contribution < -0.4 is 27.8 Å². The van der Waals surface area contributed by atoms with Crippen LogP contribution in [0.1, 0.15) is 32.6 Å². The summed E-state index contributed by atoms with van der Waals surface area (Å²) >= 11 is 0. The van der Waals surface area contributed by atoms with Gasteiger partial charge in [-0.2, -0.15) is 0 Å². The molecular formula is C14H26N6O6. The molecule has 0 saturated carbocycles. The van der Waals surface area contributed by atoms with Crippen molar-refractivity contribution >= 4 is 29.7 Å². The van der Waals surface area contributed by atoms with Crippen molar-refractivity contribution in [2.75, 3.05) is 6.54 Å². The van der Waals surface area contributed by atoms with Crippen LogP contribution in [0.4, 0.5) is 0 Å². The van der Waals surface area contributed by atoms with Gasteiger partial charge in [-0.05, 0) is 26.2 Å². The summed E-state index contributed by atoms with van der Waals surface area (Å²) in [6.45, 7) is 1.64. The highest BCUT2D eigenvalue weighted by molar-refractivity contribution is 5.91. The van der Waals surface area contributed by atoms with Gasteiger partial charge in [-0.25, -0.2) is 4.79 Å². The maximum Gasteiger partial charge on any atom is 0.326 e. The van der Waals surface area contributed by atoms with Gasteiger partial charge in [0.1, 0.15) is 12.1 Å². The van der Waals surface area contributed by atoms with Gasteiger partial charge in [-0.1, -0.05) is 0 Å². The molecule has 3 atom stereocenters. The van der Waals surface area contributed by atoms with Crippen molar-refractivity contribution in [2.24, 2.45) is 22.2 Å². The number of nitrogens with zero attached hydrogens (tertiary/aromatic N) is 1.